The number of nitrogens with zero attached hydrogens (tertiary/aromatic N) is 1. The molecule has 3 aromatic carbocycles. The van der Waals surface area contributed by atoms with Crippen LogP contribution in [0.25, 0.3) is 0 Å². The number of hydrogen-bond donors (Lipinski definition) is 1. The van der Waals surface area contributed by atoms with Crippen LogP contribution in [0.1, 0.15) is 30.9 Å². The van der Waals surface area contributed by atoms with Crippen LogP contribution in [0.2, 0.25) is 15.1 Å². The molecule has 1 unspecified atom stereocenters. The summed E-state index contributed by atoms with van der Waals surface area (Å²) in [5.74, 6) is -0.0657. The molecule has 36 heavy (non-hydrogen) atoms. The van der Waals surface area contributed by atoms with E-state index >= 15 is 0 Å². The Labute approximate surface area is 227 Å². The van der Waals surface area contributed by atoms with Crippen molar-refractivity contribution in [1.82, 2.24) is 10.2 Å². The molecular formula is C28H29Cl3N2O3. The predicted octanol–water partition coefficient (Wildman–Crippen LogP) is 6.58. The van der Waals surface area contributed by atoms with Crippen molar-refractivity contribution in [2.45, 2.75) is 38.8 Å². The van der Waals surface area contributed by atoms with E-state index in [4.69, 9.17) is 39.5 Å². The maximum atomic E-state index is 13.6. The molecule has 0 aromatic heterocycles. The van der Waals surface area contributed by atoms with Crippen molar-refractivity contribution in [3.05, 3.63) is 99.0 Å². The standard InChI is InChI=1S/C28H29Cl3N2O3/c1-2-3-15-32-28(35)26(16-20-7-5-4-6-8-20)33(18-21-9-10-23(30)17-25(21)31)27(34)19-36-24-13-11-22(29)12-14-24/h4-14,17,26H,2-3,15-16,18-19H2,1H3,(H,32,35). The molecule has 5 nitrogen and oxygen atoms in total. The van der Waals surface area contributed by atoms with E-state index < -0.39 is 6.04 Å². The van der Waals surface area contributed by atoms with Crippen LogP contribution in [0.5, 0.6) is 5.75 Å². The molecule has 0 saturated heterocycles. The average Bonchev–Trinajstić information content (AvgIpc) is 2.87. The fourth-order valence-corrected chi connectivity index (χ4v) is 4.25. The number of ether oxygens (including phenoxy) is 1. The lowest BCUT2D eigenvalue weighted by Crippen LogP contribution is -2.51. The summed E-state index contributed by atoms with van der Waals surface area (Å²) < 4.78 is 5.73. The van der Waals surface area contributed by atoms with Gasteiger partial charge in [0, 0.05) is 34.6 Å². The fraction of sp³-hybridized carbons (Fsp3) is 0.286. The first-order valence-electron chi connectivity index (χ1n) is 11.8. The minimum absolute atomic E-state index is 0.123. The van der Waals surface area contributed by atoms with Crippen LogP contribution >= 0.6 is 34.8 Å². The third-order valence-corrected chi connectivity index (χ3v) is 6.47. The summed E-state index contributed by atoms with van der Waals surface area (Å²) in [5.41, 5.74) is 1.62. The van der Waals surface area contributed by atoms with Gasteiger partial charge in [0.25, 0.3) is 5.91 Å². The Morgan fingerprint density at radius 3 is 2.31 bits per heavy atom. The second-order valence-corrected chi connectivity index (χ2v) is 9.63. The minimum Gasteiger partial charge on any atom is -0.484 e. The Morgan fingerprint density at radius 2 is 1.64 bits per heavy atom. The van der Waals surface area contributed by atoms with Crippen LogP contribution in [0, 0.1) is 0 Å². The van der Waals surface area contributed by atoms with Gasteiger partial charge in [-0.1, -0.05) is 84.5 Å². The van der Waals surface area contributed by atoms with Gasteiger partial charge < -0.3 is 15.0 Å². The molecule has 0 bridgehead atoms. The monoisotopic (exact) mass is 546 g/mol. The molecule has 0 aliphatic rings. The second-order valence-electron chi connectivity index (χ2n) is 8.35. The van der Waals surface area contributed by atoms with E-state index in [-0.39, 0.29) is 25.0 Å². The number of nitrogens with one attached hydrogen (secondary N) is 1. The lowest BCUT2D eigenvalue weighted by molar-refractivity contribution is -0.142. The maximum Gasteiger partial charge on any atom is 0.261 e. The molecule has 8 heteroatoms. The summed E-state index contributed by atoms with van der Waals surface area (Å²) in [6.45, 7) is 2.46. The van der Waals surface area contributed by atoms with Crippen LogP contribution < -0.4 is 10.1 Å². The number of hydrogen-bond acceptors (Lipinski definition) is 3. The number of carbonyl (C=O) groups excluding carboxylic acids is 2. The van der Waals surface area contributed by atoms with Crippen LogP contribution in [0.3, 0.4) is 0 Å². The van der Waals surface area contributed by atoms with Gasteiger partial charge in [0.1, 0.15) is 11.8 Å². The van der Waals surface area contributed by atoms with E-state index in [0.717, 1.165) is 18.4 Å². The van der Waals surface area contributed by atoms with Crippen molar-refractivity contribution in [2.75, 3.05) is 13.2 Å². The topological polar surface area (TPSA) is 58.6 Å². The first-order valence-corrected chi connectivity index (χ1v) is 12.9. The van der Waals surface area contributed by atoms with Crippen LogP contribution in [0.15, 0.2) is 72.8 Å². The highest BCUT2D eigenvalue weighted by Crippen LogP contribution is 2.24. The van der Waals surface area contributed by atoms with Gasteiger partial charge in [0.2, 0.25) is 5.91 Å². The van der Waals surface area contributed by atoms with Crippen molar-refractivity contribution < 1.29 is 14.3 Å². The molecular weight excluding hydrogens is 519 g/mol. The third-order valence-electron chi connectivity index (χ3n) is 5.63. The Balaban J connectivity index is 1.90. The normalized spacial score (nSPS) is 11.6. The van der Waals surface area contributed by atoms with E-state index in [2.05, 4.69) is 12.2 Å². The minimum atomic E-state index is -0.766. The average molecular weight is 548 g/mol. The quantitative estimate of drug-likeness (QED) is 0.261. The smallest absolute Gasteiger partial charge is 0.261 e. The van der Waals surface area contributed by atoms with Gasteiger partial charge >= 0.3 is 0 Å². The van der Waals surface area contributed by atoms with Crippen molar-refractivity contribution >= 4 is 46.6 Å². The molecule has 0 radical (unpaired) electrons. The first-order chi connectivity index (χ1) is 17.4. The molecule has 0 fully saturated rings. The van der Waals surface area contributed by atoms with E-state index in [1.54, 1.807) is 42.5 Å². The van der Waals surface area contributed by atoms with Crippen LogP contribution in [-0.2, 0) is 22.6 Å². The van der Waals surface area contributed by atoms with Gasteiger partial charge in [-0.2, -0.15) is 0 Å². The highest BCUT2D eigenvalue weighted by Gasteiger charge is 2.31. The van der Waals surface area contributed by atoms with Crippen LogP contribution in [0.4, 0.5) is 0 Å². The fourth-order valence-electron chi connectivity index (χ4n) is 3.65. The number of benzene rings is 3. The van der Waals surface area contributed by atoms with Crippen molar-refractivity contribution in [3.63, 3.8) is 0 Å². The van der Waals surface area contributed by atoms with E-state index in [0.29, 0.717) is 39.3 Å². The lowest BCUT2D eigenvalue weighted by Gasteiger charge is -2.31. The molecule has 1 atom stereocenters. The highest BCUT2D eigenvalue weighted by atomic mass is 35.5. The lowest BCUT2D eigenvalue weighted by atomic mass is 10.0. The molecule has 0 aliphatic heterocycles. The predicted molar refractivity (Wildman–Crippen MR) is 146 cm³/mol. The van der Waals surface area contributed by atoms with Gasteiger partial charge in [-0.15, -0.1) is 0 Å². The van der Waals surface area contributed by atoms with Crippen LogP contribution in [-0.4, -0.2) is 35.9 Å². The summed E-state index contributed by atoms with van der Waals surface area (Å²) in [6, 6.07) is 20.7. The number of unbranched alkanes of at least 4 members (excludes halogenated alkanes) is 1. The Morgan fingerprint density at radius 1 is 0.944 bits per heavy atom. The Kier molecular flexibility index (Phi) is 10.9. The molecule has 1 N–H and O–H groups in total. The van der Waals surface area contributed by atoms with E-state index in [9.17, 15) is 9.59 Å². The van der Waals surface area contributed by atoms with Gasteiger partial charge in [-0.25, -0.2) is 0 Å². The SMILES string of the molecule is CCCCNC(=O)C(Cc1ccccc1)N(Cc1ccc(Cl)cc1Cl)C(=O)COc1ccc(Cl)cc1. The maximum absolute atomic E-state index is 13.6. The highest BCUT2D eigenvalue weighted by molar-refractivity contribution is 6.35. The first kappa shape index (κ1) is 27.9. The number of carbonyl (C=O) groups is 2. The van der Waals surface area contributed by atoms with Crippen molar-refractivity contribution in [1.29, 1.82) is 0 Å². The van der Waals surface area contributed by atoms with Gasteiger partial charge in [-0.3, -0.25) is 9.59 Å². The summed E-state index contributed by atoms with van der Waals surface area (Å²) in [5, 5.41) is 4.47. The summed E-state index contributed by atoms with van der Waals surface area (Å²) in [6.07, 6.45) is 2.14. The van der Waals surface area contributed by atoms with E-state index in [1.165, 1.54) is 4.90 Å². The molecule has 190 valence electrons. The largest absolute Gasteiger partial charge is 0.484 e. The molecule has 2 amide bonds. The Bertz CT molecular complexity index is 1140. The van der Waals surface area contributed by atoms with Crippen molar-refractivity contribution in [2.24, 2.45) is 0 Å². The van der Waals surface area contributed by atoms with Crippen molar-refractivity contribution in [3.8, 4) is 5.75 Å². The van der Waals surface area contributed by atoms with Gasteiger partial charge in [-0.05, 0) is 53.9 Å². The summed E-state index contributed by atoms with van der Waals surface area (Å²) in [4.78, 5) is 28.5. The van der Waals surface area contributed by atoms with E-state index in [1.807, 2.05) is 30.3 Å². The number of halogens is 3. The van der Waals surface area contributed by atoms with Gasteiger partial charge in [0.05, 0.1) is 0 Å². The van der Waals surface area contributed by atoms with Gasteiger partial charge in [0.15, 0.2) is 6.61 Å². The number of amides is 2. The molecule has 0 spiro atoms. The molecule has 0 saturated carbocycles. The zero-order valence-electron chi connectivity index (χ0n) is 20.1. The third kappa shape index (κ3) is 8.44. The summed E-state index contributed by atoms with van der Waals surface area (Å²) in [7, 11) is 0. The zero-order chi connectivity index (χ0) is 25.9. The molecule has 3 aromatic rings. The number of rotatable bonds is 12. The molecule has 0 aliphatic carbocycles. The zero-order valence-corrected chi connectivity index (χ0v) is 22.3. The molecule has 0 heterocycles. The molecule has 3 rings (SSSR count). The second kappa shape index (κ2) is 14.1. The Hall–Kier alpha value is -2.73. The summed E-state index contributed by atoms with van der Waals surface area (Å²) >= 11 is 18.5.